The summed E-state index contributed by atoms with van der Waals surface area (Å²) in [4.78, 5) is 13.0. The van der Waals surface area contributed by atoms with Gasteiger partial charge in [-0.1, -0.05) is 64.6 Å². The number of carbonyl (C=O) groups is 1. The average Bonchev–Trinajstić information content (AvgIpc) is 2.53. The van der Waals surface area contributed by atoms with Gasteiger partial charge >= 0.3 is 5.79 Å². The van der Waals surface area contributed by atoms with Gasteiger partial charge in [-0.3, -0.25) is 4.79 Å². The molecule has 2 heterocycles. The summed E-state index contributed by atoms with van der Waals surface area (Å²) in [5.41, 5.74) is 1.09. The lowest BCUT2D eigenvalue weighted by atomic mass is 9.89. The van der Waals surface area contributed by atoms with Gasteiger partial charge in [0.15, 0.2) is 0 Å². The standard InChI is InChI=1S/C17H8Cl4O3/c18-10-5-6-14-11(8-10)15(22)12-7-9-3-1-2-4-13(9)23-16(12,24-14)17(19,20)21/h1-8H. The number of halogens is 4. The maximum atomic E-state index is 13.0. The number of rotatable bonds is 0. The van der Waals surface area contributed by atoms with E-state index in [1.54, 1.807) is 36.4 Å². The Morgan fingerprint density at radius 2 is 1.67 bits per heavy atom. The van der Waals surface area contributed by atoms with E-state index >= 15 is 0 Å². The Hall–Kier alpha value is -1.39. The Labute approximate surface area is 157 Å². The van der Waals surface area contributed by atoms with E-state index in [0.717, 1.165) is 0 Å². The van der Waals surface area contributed by atoms with Gasteiger partial charge in [0.05, 0.1) is 11.1 Å². The molecule has 3 nitrogen and oxygen atoms in total. The predicted octanol–water partition coefficient (Wildman–Crippen LogP) is 5.46. The Bertz CT molecular complexity index is 901. The number of alkyl halides is 3. The first kappa shape index (κ1) is 16.1. The minimum atomic E-state index is -2.04. The second-order valence-corrected chi connectivity index (χ2v) is 8.10. The number of benzene rings is 2. The molecular weight excluding hydrogens is 394 g/mol. The van der Waals surface area contributed by atoms with Gasteiger partial charge in [-0.15, -0.1) is 0 Å². The van der Waals surface area contributed by atoms with Crippen molar-refractivity contribution < 1.29 is 14.3 Å². The summed E-state index contributed by atoms with van der Waals surface area (Å²) in [6.45, 7) is 0. The molecule has 0 spiro atoms. The zero-order valence-corrected chi connectivity index (χ0v) is 14.9. The third-order valence-electron chi connectivity index (χ3n) is 3.88. The molecule has 0 saturated heterocycles. The van der Waals surface area contributed by atoms with Gasteiger partial charge < -0.3 is 9.47 Å². The highest BCUT2D eigenvalue weighted by atomic mass is 35.6. The van der Waals surface area contributed by atoms with Crippen LogP contribution in [0.4, 0.5) is 0 Å². The minimum Gasteiger partial charge on any atom is -0.444 e. The van der Waals surface area contributed by atoms with E-state index in [9.17, 15) is 4.79 Å². The molecule has 0 amide bonds. The first-order valence-corrected chi connectivity index (χ1v) is 8.43. The monoisotopic (exact) mass is 400 g/mol. The quantitative estimate of drug-likeness (QED) is 0.550. The number of fused-ring (bicyclic) bond motifs is 3. The molecular formula is C17H8Cl4O3. The van der Waals surface area contributed by atoms with Crippen molar-refractivity contribution in [3.8, 4) is 11.5 Å². The lowest BCUT2D eigenvalue weighted by Gasteiger charge is -2.45. The summed E-state index contributed by atoms with van der Waals surface area (Å²) in [5.74, 6) is -1.53. The van der Waals surface area contributed by atoms with Crippen LogP contribution in [0.1, 0.15) is 15.9 Å². The van der Waals surface area contributed by atoms with Crippen molar-refractivity contribution in [1.82, 2.24) is 0 Å². The Balaban J connectivity index is 2.00. The van der Waals surface area contributed by atoms with Gasteiger partial charge in [-0.2, -0.15) is 0 Å². The van der Waals surface area contributed by atoms with Crippen molar-refractivity contribution in [1.29, 1.82) is 0 Å². The van der Waals surface area contributed by atoms with Gasteiger partial charge in [0, 0.05) is 10.6 Å². The summed E-state index contributed by atoms with van der Waals surface area (Å²) in [7, 11) is 0. The molecule has 0 aliphatic carbocycles. The van der Waals surface area contributed by atoms with Crippen molar-refractivity contribution >= 4 is 58.3 Å². The molecule has 0 fully saturated rings. The largest absolute Gasteiger partial charge is 0.444 e. The zero-order valence-electron chi connectivity index (χ0n) is 11.9. The summed E-state index contributed by atoms with van der Waals surface area (Å²) in [6.07, 6.45) is 1.62. The number of Topliss-reactive ketones (excluding diaryl/α,β-unsaturated/α-hetero) is 1. The van der Waals surface area contributed by atoms with Crippen LogP contribution in [0.3, 0.4) is 0 Å². The van der Waals surface area contributed by atoms with Gasteiger partial charge in [-0.25, -0.2) is 0 Å². The third kappa shape index (κ3) is 2.23. The van der Waals surface area contributed by atoms with Crippen LogP contribution in [0.5, 0.6) is 11.5 Å². The molecule has 0 radical (unpaired) electrons. The molecule has 0 saturated carbocycles. The van der Waals surface area contributed by atoms with E-state index in [4.69, 9.17) is 55.9 Å². The number of ether oxygens (including phenoxy) is 2. The third-order valence-corrected chi connectivity index (χ3v) is 4.87. The highest BCUT2D eigenvalue weighted by molar-refractivity contribution is 6.68. The van der Waals surface area contributed by atoms with Crippen LogP contribution in [-0.2, 0) is 0 Å². The van der Waals surface area contributed by atoms with Crippen LogP contribution in [0.15, 0.2) is 48.0 Å². The fourth-order valence-corrected chi connectivity index (χ4v) is 3.49. The normalized spacial score (nSPS) is 21.7. The molecule has 2 aromatic carbocycles. The van der Waals surface area contributed by atoms with Crippen molar-refractivity contribution in [3.63, 3.8) is 0 Å². The van der Waals surface area contributed by atoms with Crippen LogP contribution >= 0.6 is 46.4 Å². The summed E-state index contributed by atoms with van der Waals surface area (Å²) < 4.78 is 9.77. The van der Waals surface area contributed by atoms with E-state index in [-0.39, 0.29) is 17.1 Å². The van der Waals surface area contributed by atoms with E-state index in [1.807, 2.05) is 6.07 Å². The molecule has 7 heteroatoms. The van der Waals surface area contributed by atoms with Crippen molar-refractivity contribution in [2.24, 2.45) is 0 Å². The first-order valence-electron chi connectivity index (χ1n) is 6.92. The van der Waals surface area contributed by atoms with Crippen molar-refractivity contribution in [2.45, 2.75) is 9.58 Å². The van der Waals surface area contributed by atoms with Gasteiger partial charge in [-0.05, 0) is 30.3 Å². The summed E-state index contributed by atoms with van der Waals surface area (Å²) >= 11 is 24.5. The van der Waals surface area contributed by atoms with Crippen LogP contribution < -0.4 is 9.47 Å². The lowest BCUT2D eigenvalue weighted by Crippen LogP contribution is -2.59. The molecule has 1 atom stereocenters. The molecule has 1 unspecified atom stereocenters. The van der Waals surface area contributed by atoms with E-state index in [0.29, 0.717) is 21.9 Å². The van der Waals surface area contributed by atoms with E-state index in [2.05, 4.69) is 0 Å². The maximum Gasteiger partial charge on any atom is 0.330 e. The average molecular weight is 402 g/mol. The highest BCUT2D eigenvalue weighted by Gasteiger charge is 2.62. The summed E-state index contributed by atoms with van der Waals surface area (Å²) in [5, 5.41) is 0.407. The van der Waals surface area contributed by atoms with Gasteiger partial charge in [0.2, 0.25) is 5.78 Å². The van der Waals surface area contributed by atoms with Crippen molar-refractivity contribution in [3.05, 3.63) is 64.2 Å². The molecule has 0 N–H and O–H groups in total. The highest BCUT2D eigenvalue weighted by Crippen LogP contribution is 2.53. The maximum absolute atomic E-state index is 13.0. The Morgan fingerprint density at radius 1 is 0.958 bits per heavy atom. The van der Waals surface area contributed by atoms with E-state index in [1.165, 1.54) is 6.07 Å². The fraction of sp³-hybridized carbons (Fsp3) is 0.118. The number of para-hydroxylation sites is 1. The zero-order chi connectivity index (χ0) is 17.1. The van der Waals surface area contributed by atoms with Crippen LogP contribution in [0, 0.1) is 0 Å². The number of hydrogen-bond acceptors (Lipinski definition) is 3. The van der Waals surface area contributed by atoms with Crippen molar-refractivity contribution in [2.75, 3.05) is 0 Å². The Kier molecular flexibility index (Phi) is 3.56. The molecule has 0 bridgehead atoms. The molecule has 122 valence electrons. The predicted molar refractivity (Wildman–Crippen MR) is 94.5 cm³/mol. The SMILES string of the molecule is O=C1C2=Cc3ccccc3OC2(C(Cl)(Cl)Cl)Oc2ccc(Cl)cc21. The molecule has 2 aliphatic rings. The number of carbonyl (C=O) groups excluding carboxylic acids is 1. The molecule has 24 heavy (non-hydrogen) atoms. The van der Waals surface area contributed by atoms with E-state index < -0.39 is 9.58 Å². The second-order valence-electron chi connectivity index (χ2n) is 5.38. The van der Waals surface area contributed by atoms with Gasteiger partial charge in [0.1, 0.15) is 11.5 Å². The Morgan fingerprint density at radius 3 is 2.42 bits per heavy atom. The van der Waals surface area contributed by atoms with Crippen LogP contribution in [0.2, 0.25) is 5.02 Å². The molecule has 2 aliphatic heterocycles. The van der Waals surface area contributed by atoms with Crippen LogP contribution in [0.25, 0.3) is 6.08 Å². The summed E-state index contributed by atoms with van der Waals surface area (Å²) in [6, 6.07) is 11.8. The van der Waals surface area contributed by atoms with Crippen LogP contribution in [-0.4, -0.2) is 15.4 Å². The minimum absolute atomic E-state index is 0.107. The number of hydrogen-bond donors (Lipinski definition) is 0. The fourth-order valence-electron chi connectivity index (χ4n) is 2.78. The molecule has 0 aromatic heterocycles. The first-order chi connectivity index (χ1) is 11.3. The lowest BCUT2D eigenvalue weighted by molar-refractivity contribution is -0.0810. The molecule has 4 rings (SSSR count). The van der Waals surface area contributed by atoms with Gasteiger partial charge in [0.25, 0.3) is 3.79 Å². The number of ketones is 1. The smallest absolute Gasteiger partial charge is 0.330 e. The molecule has 2 aromatic rings. The topological polar surface area (TPSA) is 35.5 Å². The second kappa shape index (κ2) is 5.30.